The van der Waals surface area contributed by atoms with Gasteiger partial charge in [-0.3, -0.25) is 4.98 Å². The lowest BCUT2D eigenvalue weighted by atomic mass is 9.71. The molecule has 6 rings (SSSR count). The second kappa shape index (κ2) is 8.81. The summed E-state index contributed by atoms with van der Waals surface area (Å²) in [6.45, 7) is 7.03. The highest BCUT2D eigenvalue weighted by molar-refractivity contribution is 5.82. The van der Waals surface area contributed by atoms with Gasteiger partial charge in [-0.1, -0.05) is 24.3 Å². The van der Waals surface area contributed by atoms with Crippen LogP contribution in [0.2, 0.25) is 0 Å². The maximum absolute atomic E-state index is 11.9. The summed E-state index contributed by atoms with van der Waals surface area (Å²) in [4.78, 5) is 4.51. The first-order chi connectivity index (χ1) is 16.1. The molecule has 1 aromatic heterocycles. The van der Waals surface area contributed by atoms with Gasteiger partial charge in [-0.2, -0.15) is 0 Å². The predicted octanol–water partition coefficient (Wildman–Crippen LogP) is 4.90. The van der Waals surface area contributed by atoms with Gasteiger partial charge in [0.05, 0.1) is 32.8 Å². The van der Waals surface area contributed by atoms with E-state index in [1.807, 2.05) is 36.5 Å². The van der Waals surface area contributed by atoms with Gasteiger partial charge in [0.25, 0.3) is 0 Å². The molecule has 0 amide bonds. The first-order valence-electron chi connectivity index (χ1n) is 11.8. The van der Waals surface area contributed by atoms with E-state index in [1.165, 1.54) is 5.56 Å². The van der Waals surface area contributed by atoms with Crippen molar-refractivity contribution in [2.75, 3.05) is 27.3 Å². The number of ether oxygens (including phenoxy) is 2. The number of rotatable bonds is 7. The fourth-order valence-electron chi connectivity index (χ4n) is 6.29. The van der Waals surface area contributed by atoms with E-state index in [0.29, 0.717) is 11.8 Å². The molecule has 5 heteroatoms. The predicted molar refractivity (Wildman–Crippen MR) is 130 cm³/mol. The number of methoxy groups -OCH3 is 2. The molecule has 2 aromatic carbocycles. The molecule has 3 aliphatic heterocycles. The summed E-state index contributed by atoms with van der Waals surface area (Å²) in [5.74, 6) is 2.65. The number of piperidine rings is 3. The first kappa shape index (κ1) is 21.9. The van der Waals surface area contributed by atoms with Crippen LogP contribution in [0.3, 0.4) is 0 Å². The van der Waals surface area contributed by atoms with Crippen molar-refractivity contribution in [3.63, 3.8) is 0 Å². The van der Waals surface area contributed by atoms with Crippen LogP contribution in [0, 0.1) is 11.8 Å². The van der Waals surface area contributed by atoms with E-state index in [2.05, 4.69) is 35.8 Å². The van der Waals surface area contributed by atoms with Crippen molar-refractivity contribution in [2.45, 2.75) is 31.5 Å². The van der Waals surface area contributed by atoms with E-state index in [0.717, 1.165) is 64.9 Å². The zero-order valence-electron chi connectivity index (χ0n) is 19.5. The van der Waals surface area contributed by atoms with Crippen molar-refractivity contribution >= 4 is 10.9 Å². The molecule has 2 bridgehead atoms. The Labute approximate surface area is 195 Å². The summed E-state index contributed by atoms with van der Waals surface area (Å²) in [5, 5.41) is 12.9. The van der Waals surface area contributed by atoms with Gasteiger partial charge in [0.2, 0.25) is 0 Å². The monoisotopic (exact) mass is 445 g/mol. The highest BCUT2D eigenvalue weighted by Gasteiger charge is 2.54. The van der Waals surface area contributed by atoms with Crippen LogP contribution in [-0.2, 0) is 6.54 Å². The second-order valence-electron chi connectivity index (χ2n) is 9.62. The molecule has 3 fully saturated rings. The van der Waals surface area contributed by atoms with Crippen LogP contribution < -0.4 is 9.47 Å². The Balaban J connectivity index is 1.56. The molecule has 0 saturated carbocycles. The number of hydrogen-bond donors (Lipinski definition) is 1. The zero-order valence-corrected chi connectivity index (χ0v) is 19.5. The maximum atomic E-state index is 11.9. The van der Waals surface area contributed by atoms with Crippen LogP contribution in [-0.4, -0.2) is 47.9 Å². The number of hydrogen-bond acceptors (Lipinski definition) is 4. The third kappa shape index (κ3) is 3.90. The average molecular weight is 446 g/mol. The van der Waals surface area contributed by atoms with Gasteiger partial charge in [0, 0.05) is 42.0 Å². The van der Waals surface area contributed by atoms with Crippen LogP contribution in [0.25, 0.3) is 10.9 Å². The minimum Gasteiger partial charge on any atom is -0.497 e. The minimum atomic E-state index is -0.557. The summed E-state index contributed by atoms with van der Waals surface area (Å²) in [7, 11) is 3.37. The van der Waals surface area contributed by atoms with Crippen LogP contribution >= 0.6 is 0 Å². The van der Waals surface area contributed by atoms with Crippen molar-refractivity contribution in [3.8, 4) is 11.5 Å². The lowest BCUT2D eigenvalue weighted by Gasteiger charge is -2.58. The highest BCUT2D eigenvalue weighted by Crippen LogP contribution is 2.48. The molecule has 0 radical (unpaired) electrons. The minimum absolute atomic E-state index is 0.114. The molecule has 5 atom stereocenters. The number of pyridine rings is 1. The molecule has 33 heavy (non-hydrogen) atoms. The number of nitrogens with zero attached hydrogens (tertiary/aromatic N) is 2. The maximum Gasteiger partial charge on any atom is 0.131 e. The Bertz CT molecular complexity index is 1140. The van der Waals surface area contributed by atoms with Gasteiger partial charge in [0.15, 0.2) is 0 Å². The number of aliphatic hydroxyl groups excluding tert-OH is 1. The molecule has 3 aliphatic rings. The molecule has 5 nitrogen and oxygen atoms in total. The van der Waals surface area contributed by atoms with E-state index >= 15 is 0 Å². The Morgan fingerprint density at radius 3 is 2.64 bits per heavy atom. The molecule has 0 spiro atoms. The van der Waals surface area contributed by atoms with Gasteiger partial charge in [-0.25, -0.2) is 0 Å². The van der Waals surface area contributed by atoms with Gasteiger partial charge in [-0.05, 0) is 35.7 Å². The van der Waals surface area contributed by atoms with Gasteiger partial charge >= 0.3 is 0 Å². The molecule has 4 unspecified atom stereocenters. The quantitative estimate of drug-likeness (QED) is 0.415. The molecule has 3 aromatic rings. The van der Waals surface area contributed by atoms with Crippen molar-refractivity contribution in [3.05, 3.63) is 78.5 Å². The molecule has 3 saturated heterocycles. The van der Waals surface area contributed by atoms with Crippen molar-refractivity contribution < 1.29 is 19.1 Å². The number of aromatic nitrogens is 1. The molecule has 1 N–H and O–H groups in total. The van der Waals surface area contributed by atoms with E-state index in [-0.39, 0.29) is 6.04 Å². The normalized spacial score (nSPS) is 27.3. The topological polar surface area (TPSA) is 51.6 Å². The average Bonchev–Trinajstić information content (AvgIpc) is 2.87. The Morgan fingerprint density at radius 2 is 1.91 bits per heavy atom. The number of benzene rings is 2. The van der Waals surface area contributed by atoms with E-state index in [9.17, 15) is 5.11 Å². The van der Waals surface area contributed by atoms with Gasteiger partial charge in [-0.15, -0.1) is 6.58 Å². The zero-order chi connectivity index (χ0) is 23.0. The molecular formula is C28H33N2O3+. The van der Waals surface area contributed by atoms with Crippen molar-refractivity contribution in [2.24, 2.45) is 11.8 Å². The summed E-state index contributed by atoms with van der Waals surface area (Å²) in [6.07, 6.45) is 5.56. The standard InChI is InChI=1S/C28H33N2O3/c1-4-20-18-30(17-19-13-22(32-2)16-23(14-19)33-3)12-10-21(20)15-27(30)28(31)25-9-11-29-26-8-6-5-7-24(25)26/h4-9,11,13-14,16,20-21,27-28,31H,1,10,12,15,17-18H2,2-3H3/q+1/t20?,21?,27?,28-,30?/m0/s1. The van der Waals surface area contributed by atoms with Crippen LogP contribution in [0.1, 0.15) is 30.1 Å². The molecule has 0 aliphatic carbocycles. The Morgan fingerprint density at radius 1 is 1.15 bits per heavy atom. The number of aliphatic hydroxyl groups is 1. The van der Waals surface area contributed by atoms with Crippen LogP contribution in [0.4, 0.5) is 0 Å². The summed E-state index contributed by atoms with van der Waals surface area (Å²) in [6, 6.07) is 16.3. The Kier molecular flexibility index (Phi) is 5.85. The molecule has 4 heterocycles. The van der Waals surface area contributed by atoms with Crippen molar-refractivity contribution in [1.29, 1.82) is 0 Å². The first-order valence-corrected chi connectivity index (χ1v) is 11.8. The van der Waals surface area contributed by atoms with E-state index < -0.39 is 6.10 Å². The second-order valence-corrected chi connectivity index (χ2v) is 9.62. The SMILES string of the molecule is C=CC1C[N+]2(Cc3cc(OC)cc(OC)c3)CCC1CC2[C@@H](O)c1ccnc2ccccc12. The van der Waals surface area contributed by atoms with Crippen LogP contribution in [0.15, 0.2) is 67.4 Å². The number of quaternary nitrogens is 1. The third-order valence-corrected chi connectivity index (χ3v) is 7.95. The smallest absolute Gasteiger partial charge is 0.131 e. The summed E-state index contributed by atoms with van der Waals surface area (Å²) < 4.78 is 11.9. The van der Waals surface area contributed by atoms with E-state index in [1.54, 1.807) is 14.2 Å². The fraction of sp³-hybridized carbons (Fsp3) is 0.393. The molecular weight excluding hydrogens is 412 g/mol. The van der Waals surface area contributed by atoms with Crippen molar-refractivity contribution in [1.82, 2.24) is 4.98 Å². The number of fused-ring (bicyclic) bond motifs is 4. The third-order valence-electron chi connectivity index (χ3n) is 7.95. The van der Waals surface area contributed by atoms with E-state index in [4.69, 9.17) is 9.47 Å². The van der Waals surface area contributed by atoms with Crippen LogP contribution in [0.5, 0.6) is 11.5 Å². The summed E-state index contributed by atoms with van der Waals surface area (Å²) in [5.41, 5.74) is 3.08. The Hall–Kier alpha value is -2.89. The lowest BCUT2D eigenvalue weighted by molar-refractivity contribution is -0.984. The van der Waals surface area contributed by atoms with Gasteiger partial charge < -0.3 is 19.1 Å². The number of para-hydroxylation sites is 1. The largest absolute Gasteiger partial charge is 0.497 e. The lowest BCUT2D eigenvalue weighted by Crippen LogP contribution is -2.67. The molecule has 172 valence electrons. The fourth-order valence-corrected chi connectivity index (χ4v) is 6.29. The highest BCUT2D eigenvalue weighted by atomic mass is 16.5. The summed E-state index contributed by atoms with van der Waals surface area (Å²) >= 11 is 0. The van der Waals surface area contributed by atoms with Gasteiger partial charge in [0.1, 0.15) is 30.2 Å².